The number of aliphatic imine (C=N–C) groups is 1. The summed E-state index contributed by atoms with van der Waals surface area (Å²) in [6.45, 7) is 5.60. The summed E-state index contributed by atoms with van der Waals surface area (Å²) in [4.78, 5) is 18.8. The zero-order chi connectivity index (χ0) is 16.5. The van der Waals surface area contributed by atoms with Crippen LogP contribution in [0, 0.1) is 6.92 Å². The summed E-state index contributed by atoms with van der Waals surface area (Å²) in [6.07, 6.45) is 0. The molecule has 0 aliphatic heterocycles. The molecule has 24 heavy (non-hydrogen) atoms. The van der Waals surface area contributed by atoms with E-state index in [-0.39, 0.29) is 36.4 Å². The first kappa shape index (κ1) is 20.4. The molecule has 130 valence electrons. The molecule has 7 heteroatoms. The molecule has 0 unspecified atom stereocenters. The predicted octanol–water partition coefficient (Wildman–Crippen LogP) is 3.37. The van der Waals surface area contributed by atoms with Gasteiger partial charge in [0.15, 0.2) is 5.96 Å². The fraction of sp³-hybridized carbons (Fsp3) is 0.294. The van der Waals surface area contributed by atoms with Gasteiger partial charge in [0, 0.05) is 22.0 Å². The van der Waals surface area contributed by atoms with E-state index in [2.05, 4.69) is 40.0 Å². The third-order valence-corrected chi connectivity index (χ3v) is 4.01. The highest BCUT2D eigenvalue weighted by atomic mass is 127. The Labute approximate surface area is 164 Å². The number of halogens is 1. The fourth-order valence-corrected chi connectivity index (χ4v) is 2.80. The lowest BCUT2D eigenvalue weighted by Gasteiger charge is -2.10. The third-order valence-electron chi connectivity index (χ3n) is 3.01. The van der Waals surface area contributed by atoms with Crippen LogP contribution in [-0.2, 0) is 11.3 Å². The molecule has 1 aromatic carbocycles. The summed E-state index contributed by atoms with van der Waals surface area (Å²) < 4.78 is 0. The van der Waals surface area contributed by atoms with Crippen LogP contribution in [0.5, 0.6) is 0 Å². The highest BCUT2D eigenvalue weighted by Crippen LogP contribution is 2.14. The quantitative estimate of drug-likeness (QED) is 0.354. The average Bonchev–Trinajstić information content (AvgIpc) is 2.96. The molecular formula is C17H23IN4OS. The average molecular weight is 458 g/mol. The third kappa shape index (κ3) is 7.31. The number of hydrogen-bond acceptors (Lipinski definition) is 3. The lowest BCUT2D eigenvalue weighted by atomic mass is 10.3. The molecule has 2 aromatic rings. The fourth-order valence-electron chi connectivity index (χ4n) is 1.97. The second kappa shape index (κ2) is 11.0. The number of carbonyl (C=O) groups is 1. The summed E-state index contributed by atoms with van der Waals surface area (Å²) >= 11 is 1.75. The molecule has 1 aromatic heterocycles. The van der Waals surface area contributed by atoms with Crippen molar-refractivity contribution < 1.29 is 4.79 Å². The van der Waals surface area contributed by atoms with E-state index in [1.54, 1.807) is 11.3 Å². The van der Waals surface area contributed by atoms with Gasteiger partial charge in [-0.05, 0) is 38.1 Å². The van der Waals surface area contributed by atoms with Gasteiger partial charge in [0.2, 0.25) is 5.91 Å². The molecular weight excluding hydrogens is 435 g/mol. The molecule has 3 N–H and O–H groups in total. The second-order valence-corrected chi connectivity index (χ2v) is 6.35. The molecule has 0 fully saturated rings. The van der Waals surface area contributed by atoms with Crippen molar-refractivity contribution in [2.24, 2.45) is 4.99 Å². The van der Waals surface area contributed by atoms with Gasteiger partial charge in [0.1, 0.15) is 6.54 Å². The number of thiophene rings is 1. The highest BCUT2D eigenvalue weighted by Gasteiger charge is 2.03. The maximum atomic E-state index is 11.9. The van der Waals surface area contributed by atoms with Gasteiger partial charge < -0.3 is 16.0 Å². The van der Waals surface area contributed by atoms with Crippen molar-refractivity contribution in [3.8, 4) is 0 Å². The molecule has 0 saturated carbocycles. The Bertz CT molecular complexity index is 658. The number of para-hydroxylation sites is 1. The van der Waals surface area contributed by atoms with Crippen molar-refractivity contribution in [2.75, 3.05) is 18.4 Å². The normalized spacial score (nSPS) is 10.7. The lowest BCUT2D eigenvalue weighted by molar-refractivity contribution is -0.114. The van der Waals surface area contributed by atoms with Gasteiger partial charge in [0.05, 0.1) is 6.54 Å². The van der Waals surface area contributed by atoms with Crippen LogP contribution in [0.2, 0.25) is 0 Å². The smallest absolute Gasteiger partial charge is 0.246 e. The molecule has 5 nitrogen and oxygen atoms in total. The number of aryl methyl sites for hydroxylation is 1. The van der Waals surface area contributed by atoms with E-state index in [0.29, 0.717) is 12.5 Å². The summed E-state index contributed by atoms with van der Waals surface area (Å²) in [6, 6.07) is 13.6. The Morgan fingerprint density at radius 3 is 2.50 bits per heavy atom. The van der Waals surface area contributed by atoms with Gasteiger partial charge in [-0.15, -0.1) is 35.3 Å². The van der Waals surface area contributed by atoms with Gasteiger partial charge in [-0.25, -0.2) is 4.99 Å². The maximum absolute atomic E-state index is 11.9. The van der Waals surface area contributed by atoms with Crippen molar-refractivity contribution in [3.63, 3.8) is 0 Å². The minimum atomic E-state index is -0.139. The molecule has 0 saturated heterocycles. The Morgan fingerprint density at radius 2 is 1.88 bits per heavy atom. The Kier molecular flexibility index (Phi) is 9.39. The van der Waals surface area contributed by atoms with E-state index in [4.69, 9.17) is 0 Å². The topological polar surface area (TPSA) is 65.5 Å². The van der Waals surface area contributed by atoms with Crippen molar-refractivity contribution in [1.29, 1.82) is 0 Å². The molecule has 2 rings (SSSR count). The van der Waals surface area contributed by atoms with Crippen molar-refractivity contribution >= 4 is 52.9 Å². The van der Waals surface area contributed by atoms with Crippen LogP contribution < -0.4 is 16.0 Å². The Balaban J connectivity index is 0.00000288. The number of rotatable bonds is 6. The number of anilines is 1. The van der Waals surface area contributed by atoms with Crippen molar-refractivity contribution in [2.45, 2.75) is 20.4 Å². The number of nitrogens with zero attached hydrogens (tertiary/aromatic N) is 1. The summed E-state index contributed by atoms with van der Waals surface area (Å²) in [7, 11) is 0. The van der Waals surface area contributed by atoms with Gasteiger partial charge in [0.25, 0.3) is 0 Å². The molecule has 1 heterocycles. The van der Waals surface area contributed by atoms with Gasteiger partial charge >= 0.3 is 0 Å². The van der Waals surface area contributed by atoms with Crippen LogP contribution in [0.1, 0.15) is 16.7 Å². The van der Waals surface area contributed by atoms with Crippen LogP contribution in [0.4, 0.5) is 5.69 Å². The van der Waals surface area contributed by atoms with Crippen molar-refractivity contribution in [3.05, 3.63) is 52.2 Å². The molecule has 0 radical (unpaired) electrons. The zero-order valence-electron chi connectivity index (χ0n) is 13.8. The van der Waals surface area contributed by atoms with Gasteiger partial charge in [-0.2, -0.15) is 0 Å². The number of amides is 1. The first-order chi connectivity index (χ1) is 11.2. The number of carbonyl (C=O) groups excluding carboxylic acids is 1. The van der Waals surface area contributed by atoms with E-state index in [9.17, 15) is 4.79 Å². The number of nitrogens with one attached hydrogen (secondary N) is 3. The second-order valence-electron chi connectivity index (χ2n) is 4.98. The number of hydrogen-bond donors (Lipinski definition) is 3. The van der Waals surface area contributed by atoms with E-state index >= 15 is 0 Å². The molecule has 1 amide bonds. The standard InChI is InChI=1S/C17H22N4OS.HI/c1-3-18-17(19-11-15-10-9-13(2)23-15)20-12-16(22)21-14-7-5-4-6-8-14;/h4-10H,3,11-12H2,1-2H3,(H,21,22)(H2,18,19,20);1H. The van der Waals surface area contributed by atoms with Crippen LogP contribution in [0.3, 0.4) is 0 Å². The number of benzene rings is 1. The first-order valence-electron chi connectivity index (χ1n) is 7.59. The van der Waals surface area contributed by atoms with Crippen LogP contribution >= 0.6 is 35.3 Å². The lowest BCUT2D eigenvalue weighted by Crippen LogP contribution is -2.37. The molecule has 0 bridgehead atoms. The van der Waals surface area contributed by atoms with E-state index in [0.717, 1.165) is 12.2 Å². The Hall–Kier alpha value is -1.61. The number of guanidine groups is 1. The van der Waals surface area contributed by atoms with Gasteiger partial charge in [-0.3, -0.25) is 4.79 Å². The largest absolute Gasteiger partial charge is 0.357 e. The molecule has 0 spiro atoms. The van der Waals surface area contributed by atoms with Gasteiger partial charge in [-0.1, -0.05) is 18.2 Å². The Morgan fingerprint density at radius 1 is 1.12 bits per heavy atom. The minimum Gasteiger partial charge on any atom is -0.357 e. The summed E-state index contributed by atoms with van der Waals surface area (Å²) in [5.74, 6) is 0.502. The van der Waals surface area contributed by atoms with Crippen LogP contribution in [-0.4, -0.2) is 25.0 Å². The highest BCUT2D eigenvalue weighted by molar-refractivity contribution is 14.0. The van der Waals surface area contributed by atoms with Crippen LogP contribution in [0.25, 0.3) is 0 Å². The minimum absolute atomic E-state index is 0. The molecule has 0 atom stereocenters. The molecule has 0 aliphatic carbocycles. The van der Waals surface area contributed by atoms with E-state index in [1.165, 1.54) is 9.75 Å². The maximum Gasteiger partial charge on any atom is 0.246 e. The monoisotopic (exact) mass is 458 g/mol. The summed E-state index contributed by atoms with van der Waals surface area (Å²) in [5.41, 5.74) is 0.778. The SMILES string of the molecule is CCNC(=NCC(=O)Nc1ccccc1)NCc1ccc(C)s1.I. The van der Waals surface area contributed by atoms with E-state index < -0.39 is 0 Å². The predicted molar refractivity (Wildman–Crippen MR) is 112 cm³/mol. The van der Waals surface area contributed by atoms with Crippen molar-refractivity contribution in [1.82, 2.24) is 10.6 Å². The van der Waals surface area contributed by atoms with Crippen LogP contribution in [0.15, 0.2) is 47.5 Å². The van der Waals surface area contributed by atoms with E-state index in [1.807, 2.05) is 37.3 Å². The molecule has 0 aliphatic rings. The first-order valence-corrected chi connectivity index (χ1v) is 8.41. The zero-order valence-corrected chi connectivity index (χ0v) is 17.0. The summed E-state index contributed by atoms with van der Waals surface area (Å²) in [5, 5.41) is 9.20.